The van der Waals surface area contributed by atoms with Crippen LogP contribution in [0, 0.1) is 5.41 Å². The Morgan fingerprint density at radius 2 is 2.31 bits per heavy atom. The maximum Gasteiger partial charge on any atom is 0.246 e. The molecule has 0 aromatic carbocycles. The number of carbonyl (C=O) groups excluding carboxylic acids is 1. The van der Waals surface area contributed by atoms with Gasteiger partial charge in [-0.3, -0.25) is 4.79 Å². The first kappa shape index (κ1) is 10.3. The molecule has 1 aliphatic rings. The lowest BCUT2D eigenvalue weighted by Crippen LogP contribution is -2.25. The molecule has 0 aliphatic heterocycles. The summed E-state index contributed by atoms with van der Waals surface area (Å²) in [6.45, 7) is 7.25. The maximum absolute atomic E-state index is 11.5. The van der Waals surface area contributed by atoms with E-state index in [2.05, 4.69) is 32.2 Å². The lowest BCUT2D eigenvalue weighted by Gasteiger charge is -2.16. The predicted octanol–water partition coefficient (Wildman–Crippen LogP) is 2.26. The molecule has 1 amide bonds. The Balaban J connectivity index is 2.42. The third-order valence-electron chi connectivity index (χ3n) is 2.40. The van der Waals surface area contributed by atoms with Crippen LogP contribution < -0.4 is 5.32 Å². The summed E-state index contributed by atoms with van der Waals surface area (Å²) in [5, 5.41) is 2.90. The Labute approximate surface area is 80.4 Å². The molecule has 2 heteroatoms. The molecule has 0 saturated carbocycles. The fourth-order valence-corrected chi connectivity index (χ4v) is 1.58. The number of hydrogen-bond acceptors (Lipinski definition) is 1. The summed E-state index contributed by atoms with van der Waals surface area (Å²) in [5.74, 6) is 0.132. The van der Waals surface area contributed by atoms with Crippen LogP contribution in [0.5, 0.6) is 0 Å². The zero-order valence-electron chi connectivity index (χ0n) is 8.81. The van der Waals surface area contributed by atoms with Crippen LogP contribution in [0.1, 0.15) is 40.0 Å². The highest BCUT2D eigenvalue weighted by Crippen LogP contribution is 2.36. The van der Waals surface area contributed by atoms with Crippen LogP contribution in [0.3, 0.4) is 0 Å². The highest BCUT2D eigenvalue weighted by Gasteiger charge is 2.27. The summed E-state index contributed by atoms with van der Waals surface area (Å²) >= 11 is 0. The lowest BCUT2D eigenvalue weighted by molar-refractivity contribution is -0.117. The third kappa shape index (κ3) is 2.87. The van der Waals surface area contributed by atoms with E-state index in [-0.39, 0.29) is 5.91 Å². The predicted molar refractivity (Wildman–Crippen MR) is 54.4 cm³/mol. The Kier molecular flexibility index (Phi) is 3.12. The van der Waals surface area contributed by atoms with Crippen molar-refractivity contribution in [2.45, 2.75) is 40.0 Å². The van der Waals surface area contributed by atoms with Gasteiger partial charge in [0, 0.05) is 12.1 Å². The second kappa shape index (κ2) is 3.95. The van der Waals surface area contributed by atoms with Gasteiger partial charge >= 0.3 is 0 Å². The van der Waals surface area contributed by atoms with Crippen molar-refractivity contribution >= 4 is 5.91 Å². The molecule has 0 aromatic heterocycles. The monoisotopic (exact) mass is 181 g/mol. The Hall–Kier alpha value is -0.790. The summed E-state index contributed by atoms with van der Waals surface area (Å²) in [6.07, 6.45) is 5.03. The third-order valence-corrected chi connectivity index (χ3v) is 2.40. The summed E-state index contributed by atoms with van der Waals surface area (Å²) < 4.78 is 0. The summed E-state index contributed by atoms with van der Waals surface area (Å²) in [7, 11) is 0. The van der Waals surface area contributed by atoms with Gasteiger partial charge in [0.15, 0.2) is 0 Å². The van der Waals surface area contributed by atoms with Crippen LogP contribution in [-0.2, 0) is 4.79 Å². The van der Waals surface area contributed by atoms with Crippen LogP contribution in [0.25, 0.3) is 0 Å². The van der Waals surface area contributed by atoms with Gasteiger partial charge in [-0.2, -0.15) is 0 Å². The molecule has 1 N–H and O–H groups in total. The van der Waals surface area contributed by atoms with Crippen molar-refractivity contribution in [1.29, 1.82) is 0 Å². The van der Waals surface area contributed by atoms with E-state index in [9.17, 15) is 4.79 Å². The summed E-state index contributed by atoms with van der Waals surface area (Å²) in [4.78, 5) is 11.5. The largest absolute Gasteiger partial charge is 0.352 e. The summed E-state index contributed by atoms with van der Waals surface area (Å²) in [6, 6.07) is 0. The molecule has 0 aromatic rings. The second-order valence-corrected chi connectivity index (χ2v) is 4.53. The molecule has 0 unspecified atom stereocenters. The van der Waals surface area contributed by atoms with Crippen molar-refractivity contribution in [2.24, 2.45) is 5.41 Å². The molecule has 0 saturated heterocycles. The first-order valence-electron chi connectivity index (χ1n) is 5.02. The van der Waals surface area contributed by atoms with E-state index in [0.29, 0.717) is 5.41 Å². The lowest BCUT2D eigenvalue weighted by atomic mass is 9.89. The number of carbonyl (C=O) groups is 1. The molecule has 13 heavy (non-hydrogen) atoms. The Morgan fingerprint density at radius 3 is 2.77 bits per heavy atom. The highest BCUT2D eigenvalue weighted by molar-refractivity contribution is 5.93. The number of hydrogen-bond donors (Lipinski definition) is 1. The second-order valence-electron chi connectivity index (χ2n) is 4.53. The molecule has 1 rings (SSSR count). The molecule has 0 atom stereocenters. The van der Waals surface area contributed by atoms with Gasteiger partial charge in [0.05, 0.1) is 0 Å². The standard InChI is InChI=1S/C11H19NO/c1-4-7-12-10(13)9-5-6-11(2,3)8-9/h5H,4,6-8H2,1-3H3,(H,12,13). The zero-order chi connectivity index (χ0) is 9.90. The van der Waals surface area contributed by atoms with E-state index in [0.717, 1.165) is 31.4 Å². The number of nitrogens with one attached hydrogen (secondary N) is 1. The van der Waals surface area contributed by atoms with Gasteiger partial charge in [0.1, 0.15) is 0 Å². The van der Waals surface area contributed by atoms with Crippen molar-refractivity contribution in [3.8, 4) is 0 Å². The quantitative estimate of drug-likeness (QED) is 0.711. The normalized spacial score (nSPS) is 19.8. The fraction of sp³-hybridized carbons (Fsp3) is 0.727. The molecule has 2 nitrogen and oxygen atoms in total. The van der Waals surface area contributed by atoms with Gasteiger partial charge in [0.2, 0.25) is 5.91 Å². The van der Waals surface area contributed by atoms with Crippen molar-refractivity contribution in [1.82, 2.24) is 5.32 Å². The van der Waals surface area contributed by atoms with Crippen molar-refractivity contribution in [2.75, 3.05) is 6.54 Å². The first-order valence-corrected chi connectivity index (χ1v) is 5.02. The van der Waals surface area contributed by atoms with Crippen molar-refractivity contribution in [3.63, 3.8) is 0 Å². The van der Waals surface area contributed by atoms with E-state index in [1.807, 2.05) is 0 Å². The molecule has 0 fully saturated rings. The Morgan fingerprint density at radius 1 is 1.62 bits per heavy atom. The van der Waals surface area contributed by atoms with Gasteiger partial charge in [0.25, 0.3) is 0 Å². The average molecular weight is 181 g/mol. The van der Waals surface area contributed by atoms with Crippen LogP contribution in [0.15, 0.2) is 11.6 Å². The molecule has 74 valence electrons. The van der Waals surface area contributed by atoms with Gasteiger partial charge < -0.3 is 5.32 Å². The van der Waals surface area contributed by atoms with Gasteiger partial charge in [-0.15, -0.1) is 0 Å². The minimum absolute atomic E-state index is 0.132. The highest BCUT2D eigenvalue weighted by atomic mass is 16.1. The fourth-order valence-electron chi connectivity index (χ4n) is 1.58. The van der Waals surface area contributed by atoms with Gasteiger partial charge in [-0.25, -0.2) is 0 Å². The SMILES string of the molecule is CCCNC(=O)C1=CCC(C)(C)C1. The van der Waals surface area contributed by atoms with E-state index in [1.54, 1.807) is 0 Å². The number of allylic oxidation sites excluding steroid dienone is 1. The minimum atomic E-state index is 0.132. The van der Waals surface area contributed by atoms with Gasteiger partial charge in [-0.05, 0) is 24.7 Å². The first-order chi connectivity index (χ1) is 6.05. The van der Waals surface area contributed by atoms with E-state index < -0.39 is 0 Å². The molecular formula is C11H19NO. The van der Waals surface area contributed by atoms with E-state index >= 15 is 0 Å². The van der Waals surface area contributed by atoms with Crippen LogP contribution in [0.2, 0.25) is 0 Å². The number of amides is 1. The van der Waals surface area contributed by atoms with Crippen LogP contribution in [0.4, 0.5) is 0 Å². The van der Waals surface area contributed by atoms with E-state index in [4.69, 9.17) is 0 Å². The molecule has 0 heterocycles. The molecule has 0 bridgehead atoms. The topological polar surface area (TPSA) is 29.1 Å². The zero-order valence-corrected chi connectivity index (χ0v) is 8.81. The van der Waals surface area contributed by atoms with E-state index in [1.165, 1.54) is 0 Å². The van der Waals surface area contributed by atoms with Crippen LogP contribution in [-0.4, -0.2) is 12.5 Å². The average Bonchev–Trinajstić information content (AvgIpc) is 2.42. The van der Waals surface area contributed by atoms with Gasteiger partial charge in [-0.1, -0.05) is 26.8 Å². The maximum atomic E-state index is 11.5. The number of rotatable bonds is 3. The van der Waals surface area contributed by atoms with Crippen molar-refractivity contribution in [3.05, 3.63) is 11.6 Å². The molecular weight excluding hydrogens is 162 g/mol. The molecule has 0 spiro atoms. The minimum Gasteiger partial charge on any atom is -0.352 e. The van der Waals surface area contributed by atoms with Crippen LogP contribution >= 0.6 is 0 Å². The Bertz CT molecular complexity index is 228. The summed E-state index contributed by atoms with van der Waals surface area (Å²) in [5.41, 5.74) is 1.26. The smallest absolute Gasteiger partial charge is 0.246 e. The van der Waals surface area contributed by atoms with Crippen molar-refractivity contribution < 1.29 is 4.79 Å². The molecule has 0 radical (unpaired) electrons. The molecule has 1 aliphatic carbocycles.